The lowest BCUT2D eigenvalue weighted by Gasteiger charge is -2.28. The van der Waals surface area contributed by atoms with Crippen molar-refractivity contribution in [2.45, 2.75) is 26.3 Å². The van der Waals surface area contributed by atoms with Gasteiger partial charge in [-0.05, 0) is 37.0 Å². The monoisotopic (exact) mass is 237 g/mol. The summed E-state index contributed by atoms with van der Waals surface area (Å²) in [5, 5.41) is 3.65. The molecule has 0 bridgehead atoms. The van der Waals surface area contributed by atoms with Crippen molar-refractivity contribution in [3.05, 3.63) is 70.3 Å². The van der Waals surface area contributed by atoms with Gasteiger partial charge in [0.15, 0.2) is 0 Å². The first-order valence-electron chi connectivity index (χ1n) is 6.63. The molecule has 0 aliphatic carbocycles. The molecular formula is C17H19N. The molecule has 92 valence electrons. The zero-order chi connectivity index (χ0) is 12.5. The molecule has 1 aliphatic heterocycles. The Kier molecular flexibility index (Phi) is 2.92. The Morgan fingerprint density at radius 3 is 2.67 bits per heavy atom. The SMILES string of the molecule is Cc1cccc(C2NCCc3ccc(C)cc32)c1. The summed E-state index contributed by atoms with van der Waals surface area (Å²) in [6.07, 6.45) is 1.14. The lowest BCUT2D eigenvalue weighted by Crippen LogP contribution is -2.30. The Labute approximate surface area is 109 Å². The number of hydrogen-bond donors (Lipinski definition) is 1. The fourth-order valence-electron chi connectivity index (χ4n) is 2.82. The Morgan fingerprint density at radius 2 is 1.83 bits per heavy atom. The average Bonchev–Trinajstić information content (AvgIpc) is 2.38. The Balaban J connectivity index is 2.08. The molecule has 2 aromatic carbocycles. The van der Waals surface area contributed by atoms with Crippen molar-refractivity contribution in [3.63, 3.8) is 0 Å². The minimum atomic E-state index is 0.355. The number of rotatable bonds is 1. The fourth-order valence-corrected chi connectivity index (χ4v) is 2.82. The second-order valence-electron chi connectivity index (χ2n) is 5.25. The standard InChI is InChI=1S/C17H19N/c1-12-4-3-5-15(10-12)17-16-11-13(2)6-7-14(16)8-9-18-17/h3-7,10-11,17-18H,8-9H2,1-2H3. The molecule has 0 amide bonds. The van der Waals surface area contributed by atoms with E-state index in [2.05, 4.69) is 61.6 Å². The van der Waals surface area contributed by atoms with Gasteiger partial charge in [0.1, 0.15) is 0 Å². The van der Waals surface area contributed by atoms with Gasteiger partial charge >= 0.3 is 0 Å². The van der Waals surface area contributed by atoms with Crippen molar-refractivity contribution in [3.8, 4) is 0 Å². The number of aryl methyl sites for hydroxylation is 2. The highest BCUT2D eigenvalue weighted by Gasteiger charge is 2.20. The molecule has 2 aromatic rings. The zero-order valence-corrected chi connectivity index (χ0v) is 11.0. The molecule has 3 rings (SSSR count). The third kappa shape index (κ3) is 2.06. The third-order valence-electron chi connectivity index (χ3n) is 3.73. The zero-order valence-electron chi connectivity index (χ0n) is 11.0. The molecule has 0 aromatic heterocycles. The fraction of sp³-hybridized carbons (Fsp3) is 0.294. The van der Waals surface area contributed by atoms with E-state index in [1.807, 2.05) is 0 Å². The van der Waals surface area contributed by atoms with Crippen LogP contribution in [0.1, 0.15) is 33.9 Å². The normalized spacial score (nSPS) is 18.4. The summed E-state index contributed by atoms with van der Waals surface area (Å²) in [5.41, 5.74) is 6.99. The maximum atomic E-state index is 3.65. The molecule has 1 nitrogen and oxygen atoms in total. The van der Waals surface area contributed by atoms with Crippen LogP contribution in [-0.4, -0.2) is 6.54 Å². The minimum Gasteiger partial charge on any atom is -0.306 e. The number of nitrogens with one attached hydrogen (secondary N) is 1. The summed E-state index contributed by atoms with van der Waals surface area (Å²) >= 11 is 0. The van der Waals surface area contributed by atoms with Crippen molar-refractivity contribution in [1.29, 1.82) is 0 Å². The van der Waals surface area contributed by atoms with Crippen molar-refractivity contribution in [2.75, 3.05) is 6.54 Å². The third-order valence-corrected chi connectivity index (χ3v) is 3.73. The van der Waals surface area contributed by atoms with Crippen LogP contribution in [0.3, 0.4) is 0 Å². The summed E-state index contributed by atoms with van der Waals surface area (Å²) in [6.45, 7) is 5.39. The van der Waals surface area contributed by atoms with Crippen LogP contribution in [0.15, 0.2) is 42.5 Å². The summed E-state index contributed by atoms with van der Waals surface area (Å²) in [7, 11) is 0. The number of fused-ring (bicyclic) bond motifs is 1. The van der Waals surface area contributed by atoms with E-state index < -0.39 is 0 Å². The van der Waals surface area contributed by atoms with E-state index in [1.54, 1.807) is 0 Å². The van der Waals surface area contributed by atoms with E-state index in [0.717, 1.165) is 13.0 Å². The smallest absolute Gasteiger partial charge is 0.0579 e. The molecule has 0 spiro atoms. The van der Waals surface area contributed by atoms with Gasteiger partial charge in [-0.2, -0.15) is 0 Å². The van der Waals surface area contributed by atoms with Gasteiger partial charge in [0.25, 0.3) is 0 Å². The van der Waals surface area contributed by atoms with E-state index in [9.17, 15) is 0 Å². The summed E-state index contributed by atoms with van der Waals surface area (Å²) in [6, 6.07) is 16.0. The lowest BCUT2D eigenvalue weighted by molar-refractivity contribution is 0.567. The summed E-state index contributed by atoms with van der Waals surface area (Å²) in [4.78, 5) is 0. The second-order valence-corrected chi connectivity index (χ2v) is 5.25. The van der Waals surface area contributed by atoms with Gasteiger partial charge < -0.3 is 5.32 Å². The van der Waals surface area contributed by atoms with Crippen molar-refractivity contribution < 1.29 is 0 Å². The van der Waals surface area contributed by atoms with Crippen LogP contribution in [0.4, 0.5) is 0 Å². The van der Waals surface area contributed by atoms with Gasteiger partial charge in [-0.3, -0.25) is 0 Å². The summed E-state index contributed by atoms with van der Waals surface area (Å²) in [5.74, 6) is 0. The molecular weight excluding hydrogens is 218 g/mol. The van der Waals surface area contributed by atoms with E-state index >= 15 is 0 Å². The molecule has 0 radical (unpaired) electrons. The predicted molar refractivity (Wildman–Crippen MR) is 75.9 cm³/mol. The predicted octanol–water partition coefficient (Wildman–Crippen LogP) is 3.54. The summed E-state index contributed by atoms with van der Waals surface area (Å²) < 4.78 is 0. The van der Waals surface area contributed by atoms with Crippen molar-refractivity contribution in [1.82, 2.24) is 5.32 Å². The maximum absolute atomic E-state index is 3.65. The van der Waals surface area contributed by atoms with Crippen LogP contribution >= 0.6 is 0 Å². The highest BCUT2D eigenvalue weighted by molar-refractivity contribution is 5.42. The van der Waals surface area contributed by atoms with E-state index in [0.29, 0.717) is 6.04 Å². The minimum absolute atomic E-state index is 0.355. The van der Waals surface area contributed by atoms with Crippen molar-refractivity contribution >= 4 is 0 Å². The first kappa shape index (κ1) is 11.5. The first-order chi connectivity index (χ1) is 8.74. The Bertz CT molecular complexity index is 572. The highest BCUT2D eigenvalue weighted by atomic mass is 14.9. The van der Waals surface area contributed by atoms with E-state index in [-0.39, 0.29) is 0 Å². The molecule has 18 heavy (non-hydrogen) atoms. The van der Waals surface area contributed by atoms with Crippen LogP contribution in [-0.2, 0) is 6.42 Å². The Hall–Kier alpha value is -1.60. The molecule has 1 N–H and O–H groups in total. The van der Waals surface area contributed by atoms with E-state index in [1.165, 1.54) is 27.8 Å². The van der Waals surface area contributed by atoms with Crippen LogP contribution in [0.25, 0.3) is 0 Å². The largest absolute Gasteiger partial charge is 0.306 e. The van der Waals surface area contributed by atoms with Crippen molar-refractivity contribution in [2.24, 2.45) is 0 Å². The van der Waals surface area contributed by atoms with Gasteiger partial charge in [-0.1, -0.05) is 53.6 Å². The van der Waals surface area contributed by atoms with Gasteiger partial charge in [0.2, 0.25) is 0 Å². The second kappa shape index (κ2) is 4.58. The lowest BCUT2D eigenvalue weighted by atomic mass is 9.88. The molecule has 1 unspecified atom stereocenters. The van der Waals surface area contributed by atoms with Gasteiger partial charge in [0, 0.05) is 6.54 Å². The average molecular weight is 237 g/mol. The molecule has 0 saturated heterocycles. The molecule has 1 heteroatoms. The van der Waals surface area contributed by atoms with Crippen LogP contribution in [0.2, 0.25) is 0 Å². The topological polar surface area (TPSA) is 12.0 Å². The van der Waals surface area contributed by atoms with Gasteiger partial charge in [-0.15, -0.1) is 0 Å². The molecule has 1 aliphatic rings. The van der Waals surface area contributed by atoms with Crippen LogP contribution < -0.4 is 5.32 Å². The maximum Gasteiger partial charge on any atom is 0.0579 e. The van der Waals surface area contributed by atoms with Gasteiger partial charge in [0.05, 0.1) is 6.04 Å². The van der Waals surface area contributed by atoms with Crippen LogP contribution in [0, 0.1) is 13.8 Å². The Morgan fingerprint density at radius 1 is 1.00 bits per heavy atom. The van der Waals surface area contributed by atoms with Gasteiger partial charge in [-0.25, -0.2) is 0 Å². The molecule has 1 atom stereocenters. The molecule has 0 fully saturated rings. The molecule has 0 saturated carbocycles. The first-order valence-corrected chi connectivity index (χ1v) is 6.63. The highest BCUT2D eigenvalue weighted by Crippen LogP contribution is 2.29. The number of hydrogen-bond acceptors (Lipinski definition) is 1. The van der Waals surface area contributed by atoms with E-state index in [4.69, 9.17) is 0 Å². The van der Waals surface area contributed by atoms with Crippen LogP contribution in [0.5, 0.6) is 0 Å². The molecule has 1 heterocycles. The number of benzene rings is 2. The quantitative estimate of drug-likeness (QED) is 0.800.